The average molecular weight is 960 g/mol. The fourth-order valence-corrected chi connectivity index (χ4v) is 9.70. The van der Waals surface area contributed by atoms with Gasteiger partial charge in [-0.3, -0.25) is 0 Å². The Labute approximate surface area is 430 Å². The number of hydrogen-bond acceptors (Lipinski definition) is 8. The fraction of sp³-hybridized carbons (Fsp3) is 0.645. The molecule has 390 valence electrons. The second-order valence-electron chi connectivity index (χ2n) is 23.0. The van der Waals surface area contributed by atoms with Crippen molar-refractivity contribution >= 4 is 0 Å². The zero-order valence-electron chi connectivity index (χ0n) is 50.5. The Kier molecular flexibility index (Phi) is 21.2. The summed E-state index contributed by atoms with van der Waals surface area (Å²) < 4.78 is 0. The van der Waals surface area contributed by atoms with Gasteiger partial charge in [0.1, 0.15) is 6.33 Å². The van der Waals surface area contributed by atoms with Gasteiger partial charge in [-0.25, -0.2) is 9.97 Å². The predicted octanol–water partition coefficient (Wildman–Crippen LogP) is 16.6. The van der Waals surface area contributed by atoms with Crippen molar-refractivity contribution in [1.29, 1.82) is 0 Å². The van der Waals surface area contributed by atoms with Crippen molar-refractivity contribution in [3.63, 3.8) is 0 Å². The predicted molar refractivity (Wildman–Crippen MR) is 302 cm³/mol. The van der Waals surface area contributed by atoms with E-state index in [2.05, 4.69) is 215 Å². The lowest BCUT2D eigenvalue weighted by atomic mass is 9.50. The van der Waals surface area contributed by atoms with Gasteiger partial charge in [0, 0.05) is 61.9 Å². The van der Waals surface area contributed by atoms with Crippen molar-refractivity contribution in [2.24, 2.45) is 0 Å². The summed E-state index contributed by atoms with van der Waals surface area (Å²) in [7, 11) is 0. The molecule has 8 nitrogen and oxygen atoms in total. The van der Waals surface area contributed by atoms with Crippen LogP contribution in [0, 0.1) is 0 Å². The minimum absolute atomic E-state index is 0.177. The van der Waals surface area contributed by atoms with Crippen LogP contribution in [-0.2, 0) is 54.1 Å². The molecule has 0 aliphatic heterocycles. The minimum atomic E-state index is 0.177. The lowest BCUT2D eigenvalue weighted by molar-refractivity contribution is 0.228. The lowest BCUT2D eigenvalue weighted by Crippen LogP contribution is -2.51. The fourth-order valence-electron chi connectivity index (χ4n) is 9.70. The van der Waals surface area contributed by atoms with Crippen molar-refractivity contribution in [2.75, 3.05) is 0 Å². The molecule has 0 saturated heterocycles. The molecule has 0 radical (unpaired) electrons. The van der Waals surface area contributed by atoms with Gasteiger partial charge in [-0.1, -0.05) is 232 Å². The summed E-state index contributed by atoms with van der Waals surface area (Å²) in [5, 5.41) is 24.0. The highest BCUT2D eigenvalue weighted by atomic mass is 15.1. The Bertz CT molecular complexity index is 1860. The summed E-state index contributed by atoms with van der Waals surface area (Å²) in [6.45, 7) is 65.3. The Morgan fingerprint density at radius 1 is 0.271 bits per heavy atom. The maximum Gasteiger partial charge on any atom is 0.115 e. The summed E-state index contributed by atoms with van der Waals surface area (Å²) >= 11 is 0. The first-order chi connectivity index (χ1) is 32.4. The van der Waals surface area contributed by atoms with Crippen molar-refractivity contribution in [3.05, 3.63) is 130 Å². The van der Waals surface area contributed by atoms with Gasteiger partial charge in [0.15, 0.2) is 0 Å². The first-order valence-electron chi connectivity index (χ1n) is 26.8. The quantitative estimate of drug-likeness (QED) is 0.151. The molecule has 4 aromatic heterocycles. The summed E-state index contributed by atoms with van der Waals surface area (Å²) in [5.74, 6) is 0. The van der Waals surface area contributed by atoms with Crippen LogP contribution in [0.4, 0.5) is 0 Å². The van der Waals surface area contributed by atoms with E-state index >= 15 is 0 Å². The van der Waals surface area contributed by atoms with Gasteiger partial charge in [0.05, 0.1) is 29.5 Å². The Morgan fingerprint density at radius 2 is 0.557 bits per heavy atom. The molecule has 0 atom stereocenters. The second kappa shape index (κ2) is 23.4. The summed E-state index contributed by atoms with van der Waals surface area (Å²) in [6, 6.07) is 12.9. The molecular weight excluding hydrogens is 857 g/mol. The molecule has 0 spiro atoms. The molecule has 0 amide bonds. The highest BCUT2D eigenvalue weighted by Gasteiger charge is 2.55. The highest BCUT2D eigenvalue weighted by Crippen LogP contribution is 2.57. The third kappa shape index (κ3) is 10.3. The number of hydrogen-bond donors (Lipinski definition) is 0. The van der Waals surface area contributed by atoms with E-state index in [9.17, 15) is 0 Å². The van der Waals surface area contributed by atoms with E-state index in [-0.39, 0.29) is 43.3 Å². The Hall–Kier alpha value is -4.46. The maximum atomic E-state index is 4.30. The van der Waals surface area contributed by atoms with Gasteiger partial charge in [0.2, 0.25) is 0 Å². The van der Waals surface area contributed by atoms with Gasteiger partial charge >= 0.3 is 0 Å². The molecule has 10 rings (SSSR count). The molecular formula is C62H102N8. The molecule has 0 N–H and O–H groups in total. The van der Waals surface area contributed by atoms with Gasteiger partial charge in [-0.15, -0.1) is 0 Å². The van der Waals surface area contributed by atoms with Crippen molar-refractivity contribution in [3.8, 4) is 0 Å². The van der Waals surface area contributed by atoms with Gasteiger partial charge < -0.3 is 0 Å². The van der Waals surface area contributed by atoms with Crippen LogP contribution in [0.2, 0.25) is 0 Å². The van der Waals surface area contributed by atoms with E-state index in [0.717, 1.165) is 11.4 Å². The molecule has 0 saturated carbocycles. The number of rotatable bonds is 0. The largest absolute Gasteiger partial charge is 0.244 e. The molecule has 4 heterocycles. The van der Waals surface area contributed by atoms with Crippen LogP contribution < -0.4 is 0 Å². The third-order valence-corrected chi connectivity index (χ3v) is 18.1. The normalized spacial score (nSPS) is 19.9. The first kappa shape index (κ1) is 63.6. The molecule has 8 heteroatoms. The van der Waals surface area contributed by atoms with Gasteiger partial charge in [0.25, 0.3) is 0 Å². The van der Waals surface area contributed by atoms with Crippen LogP contribution in [0.15, 0.2) is 73.7 Å². The summed E-state index contributed by atoms with van der Waals surface area (Å²) in [4.78, 5) is 8.35. The first-order valence-corrected chi connectivity index (χ1v) is 26.8. The molecule has 70 heavy (non-hydrogen) atoms. The van der Waals surface area contributed by atoms with Gasteiger partial charge in [-0.05, 0) is 61.9 Å². The number of benzene rings is 1. The second-order valence-corrected chi connectivity index (χ2v) is 23.0. The number of aromatic nitrogens is 8. The number of nitrogens with zero attached hydrogens (tertiary/aromatic N) is 8. The lowest BCUT2D eigenvalue weighted by Gasteiger charge is -2.54. The topological polar surface area (TPSA) is 103 Å². The standard InChI is InChI=1S/C12H16.4C10H14N2.5C2H6/c1-11(2)9-7-5-6-8-10(9)12(11,3)4;1-9(2)7-5-11-6-12-8(7)10(9,3)4;1-9(2)7-5-11-12-6-8(7)10(9,3)4;2*1-9(2)7-5-6-11-12-8(7)10(9,3)4;5*1-2/h5-8H,1-4H3;4*5-6H,1-4H3;5*1-2H3. The van der Waals surface area contributed by atoms with E-state index in [0.29, 0.717) is 10.8 Å². The van der Waals surface area contributed by atoms with Gasteiger partial charge in [-0.2, -0.15) is 30.6 Å². The Morgan fingerprint density at radius 3 is 0.871 bits per heavy atom. The maximum absolute atomic E-state index is 4.30. The Balaban J connectivity index is 0.000000418. The average Bonchev–Trinajstić information content (AvgIpc) is 3.37. The van der Waals surface area contributed by atoms with E-state index in [1.54, 1.807) is 18.7 Å². The monoisotopic (exact) mass is 959 g/mol. The van der Waals surface area contributed by atoms with Crippen LogP contribution >= 0.6 is 0 Å². The smallest absolute Gasteiger partial charge is 0.115 e. The van der Waals surface area contributed by atoms with E-state index in [4.69, 9.17) is 0 Å². The third-order valence-electron chi connectivity index (χ3n) is 18.1. The minimum Gasteiger partial charge on any atom is -0.244 e. The van der Waals surface area contributed by atoms with Crippen LogP contribution in [0.5, 0.6) is 0 Å². The van der Waals surface area contributed by atoms with Crippen molar-refractivity contribution < 1.29 is 0 Å². The van der Waals surface area contributed by atoms with Crippen molar-refractivity contribution in [2.45, 2.75) is 262 Å². The molecule has 1 aromatic carbocycles. The van der Waals surface area contributed by atoms with Crippen LogP contribution in [0.1, 0.15) is 264 Å². The SMILES string of the molecule is CC.CC.CC.CC.CC.CC1(C)c2ccccc2C1(C)C.CC1(C)c2ccnnc2C1(C)C.CC1(C)c2ccnnc2C1(C)C.CC1(C)c2cncnc2C1(C)C.CC1(C)c2cnncc2C1(C)C. The zero-order valence-corrected chi connectivity index (χ0v) is 50.5. The summed E-state index contributed by atoms with van der Waals surface area (Å²) in [6.07, 6.45) is 10.9. The van der Waals surface area contributed by atoms with Crippen LogP contribution in [0.25, 0.3) is 0 Å². The number of fused-ring (bicyclic) bond motifs is 5. The molecule has 0 fully saturated rings. The van der Waals surface area contributed by atoms with E-state index < -0.39 is 0 Å². The summed E-state index contributed by atoms with van der Waals surface area (Å²) in [5.41, 5.74) is 15.8. The van der Waals surface area contributed by atoms with Crippen LogP contribution in [-0.4, -0.2) is 40.6 Å². The van der Waals surface area contributed by atoms with E-state index in [1.807, 2.05) is 87.8 Å². The zero-order chi connectivity index (χ0) is 54.9. The molecule has 5 aromatic rings. The van der Waals surface area contributed by atoms with Crippen LogP contribution in [0.3, 0.4) is 0 Å². The van der Waals surface area contributed by atoms with Crippen molar-refractivity contribution in [1.82, 2.24) is 40.6 Å². The molecule has 0 bridgehead atoms. The molecule has 5 aliphatic rings. The highest BCUT2D eigenvalue weighted by molar-refractivity contribution is 5.53. The molecule has 5 aliphatic carbocycles. The van der Waals surface area contributed by atoms with E-state index in [1.165, 1.54) is 44.6 Å². The molecule has 0 unspecified atom stereocenters.